The maximum Gasteiger partial charge on any atom is 0.338 e. The molecular formula is C13H14O6. The number of aliphatic hydroxyl groups is 1. The van der Waals surface area contributed by atoms with E-state index in [2.05, 4.69) is 0 Å². The van der Waals surface area contributed by atoms with Crippen molar-refractivity contribution in [3.8, 4) is 0 Å². The first-order valence-electron chi connectivity index (χ1n) is 5.64. The fraction of sp³-hybridized carbons (Fsp3) is 0.308. The van der Waals surface area contributed by atoms with Crippen molar-refractivity contribution in [1.82, 2.24) is 0 Å². The number of esters is 1. The first-order chi connectivity index (χ1) is 8.86. The highest BCUT2D eigenvalue weighted by atomic mass is 16.5. The van der Waals surface area contributed by atoms with E-state index in [0.29, 0.717) is 0 Å². The summed E-state index contributed by atoms with van der Waals surface area (Å²) in [4.78, 5) is 34.2. The van der Waals surface area contributed by atoms with Crippen molar-refractivity contribution in [2.24, 2.45) is 0 Å². The van der Waals surface area contributed by atoms with Crippen molar-refractivity contribution in [3.05, 3.63) is 34.9 Å². The lowest BCUT2D eigenvalue weighted by atomic mass is 10.0. The van der Waals surface area contributed by atoms with Crippen LogP contribution in [0.3, 0.4) is 0 Å². The third-order valence-corrected chi connectivity index (χ3v) is 2.36. The van der Waals surface area contributed by atoms with Crippen LogP contribution in [0.25, 0.3) is 0 Å². The molecular weight excluding hydrogens is 252 g/mol. The lowest BCUT2D eigenvalue weighted by molar-refractivity contribution is 0.0526. The van der Waals surface area contributed by atoms with Crippen LogP contribution < -0.4 is 0 Å². The number of aromatic carboxylic acids is 1. The number of hydrogen-bond acceptors (Lipinski definition) is 5. The number of ether oxygens (including phenoxy) is 1. The summed E-state index contributed by atoms with van der Waals surface area (Å²) in [6, 6.07) is 3.44. The van der Waals surface area contributed by atoms with E-state index in [1.165, 1.54) is 13.0 Å². The SMILES string of the molecule is CCOC(=O)c1cc(C(=O)O)cc(C(=O)[C@H](C)O)c1. The Morgan fingerprint density at radius 2 is 1.68 bits per heavy atom. The van der Waals surface area contributed by atoms with E-state index >= 15 is 0 Å². The number of carbonyl (C=O) groups excluding carboxylic acids is 2. The van der Waals surface area contributed by atoms with Gasteiger partial charge in [-0.3, -0.25) is 4.79 Å². The molecule has 0 amide bonds. The maximum atomic E-state index is 11.7. The van der Waals surface area contributed by atoms with Gasteiger partial charge in [0.2, 0.25) is 0 Å². The second kappa shape index (κ2) is 6.10. The minimum atomic E-state index is -1.28. The molecule has 0 aliphatic carbocycles. The number of carbonyl (C=O) groups is 3. The Labute approximate surface area is 109 Å². The van der Waals surface area contributed by atoms with Gasteiger partial charge in [-0.15, -0.1) is 0 Å². The van der Waals surface area contributed by atoms with Gasteiger partial charge in [-0.25, -0.2) is 9.59 Å². The van der Waals surface area contributed by atoms with Crippen LogP contribution in [0.2, 0.25) is 0 Å². The molecule has 0 bridgehead atoms. The Hall–Kier alpha value is -2.21. The second-order valence-electron chi connectivity index (χ2n) is 3.86. The summed E-state index contributed by atoms with van der Waals surface area (Å²) in [6.07, 6.45) is -1.28. The van der Waals surface area contributed by atoms with Gasteiger partial charge in [-0.05, 0) is 32.0 Å². The monoisotopic (exact) mass is 266 g/mol. The van der Waals surface area contributed by atoms with E-state index in [9.17, 15) is 19.5 Å². The van der Waals surface area contributed by atoms with E-state index < -0.39 is 23.8 Å². The number of ketones is 1. The van der Waals surface area contributed by atoms with Crippen molar-refractivity contribution in [3.63, 3.8) is 0 Å². The normalized spacial score (nSPS) is 11.7. The van der Waals surface area contributed by atoms with Gasteiger partial charge in [0.05, 0.1) is 17.7 Å². The van der Waals surface area contributed by atoms with Crippen molar-refractivity contribution < 1.29 is 29.3 Å². The molecule has 0 unspecified atom stereocenters. The molecule has 0 heterocycles. The van der Waals surface area contributed by atoms with Gasteiger partial charge < -0.3 is 14.9 Å². The van der Waals surface area contributed by atoms with E-state index in [0.717, 1.165) is 12.1 Å². The molecule has 0 aliphatic heterocycles. The summed E-state index contributed by atoms with van der Waals surface area (Å²) >= 11 is 0. The molecule has 1 atom stereocenters. The van der Waals surface area contributed by atoms with Gasteiger partial charge in [-0.1, -0.05) is 0 Å². The molecule has 1 aromatic rings. The molecule has 0 aromatic heterocycles. The third-order valence-electron chi connectivity index (χ3n) is 2.36. The van der Waals surface area contributed by atoms with Crippen LogP contribution in [0.1, 0.15) is 44.9 Å². The molecule has 0 aliphatic rings. The predicted molar refractivity (Wildman–Crippen MR) is 65.4 cm³/mol. The molecule has 6 nitrogen and oxygen atoms in total. The summed E-state index contributed by atoms with van der Waals surface area (Å²) in [5.74, 6) is -2.65. The van der Waals surface area contributed by atoms with Gasteiger partial charge in [0.25, 0.3) is 0 Å². The van der Waals surface area contributed by atoms with Gasteiger partial charge in [-0.2, -0.15) is 0 Å². The summed E-state index contributed by atoms with van der Waals surface area (Å²) in [7, 11) is 0. The first kappa shape index (κ1) is 14.8. The van der Waals surface area contributed by atoms with Crippen molar-refractivity contribution in [1.29, 1.82) is 0 Å². The molecule has 6 heteroatoms. The molecule has 1 aromatic carbocycles. The Morgan fingerprint density at radius 3 is 2.16 bits per heavy atom. The van der Waals surface area contributed by atoms with E-state index in [-0.39, 0.29) is 23.3 Å². The minimum Gasteiger partial charge on any atom is -0.478 e. The first-order valence-corrected chi connectivity index (χ1v) is 5.64. The van der Waals surface area contributed by atoms with Crippen LogP contribution in [0.4, 0.5) is 0 Å². The summed E-state index contributed by atoms with van der Waals surface area (Å²) in [5, 5.41) is 18.2. The number of aliphatic hydroxyl groups excluding tert-OH is 1. The number of carboxylic acids is 1. The van der Waals surface area contributed by atoms with Crippen LogP contribution in [-0.2, 0) is 4.74 Å². The maximum absolute atomic E-state index is 11.7. The molecule has 0 fully saturated rings. The summed E-state index contributed by atoms with van der Waals surface area (Å²) in [5.41, 5.74) is -0.293. The smallest absolute Gasteiger partial charge is 0.338 e. The Bertz CT molecular complexity index is 518. The highest BCUT2D eigenvalue weighted by Crippen LogP contribution is 2.14. The zero-order valence-corrected chi connectivity index (χ0v) is 10.5. The predicted octanol–water partition coefficient (Wildman–Crippen LogP) is 1.12. The molecule has 102 valence electrons. The lowest BCUT2D eigenvalue weighted by Gasteiger charge is -2.08. The molecule has 2 N–H and O–H groups in total. The van der Waals surface area contributed by atoms with Gasteiger partial charge in [0.15, 0.2) is 5.78 Å². The average molecular weight is 266 g/mol. The fourth-order valence-corrected chi connectivity index (χ4v) is 1.47. The second-order valence-corrected chi connectivity index (χ2v) is 3.86. The van der Waals surface area contributed by atoms with Gasteiger partial charge in [0, 0.05) is 5.56 Å². The van der Waals surface area contributed by atoms with Crippen LogP contribution in [0, 0.1) is 0 Å². The Kier molecular flexibility index (Phi) is 4.77. The Morgan fingerprint density at radius 1 is 1.16 bits per heavy atom. The molecule has 19 heavy (non-hydrogen) atoms. The van der Waals surface area contributed by atoms with E-state index in [4.69, 9.17) is 9.84 Å². The topological polar surface area (TPSA) is 101 Å². The summed E-state index contributed by atoms with van der Waals surface area (Å²) in [6.45, 7) is 3.01. The zero-order chi connectivity index (χ0) is 14.6. The van der Waals surface area contributed by atoms with Crippen molar-refractivity contribution in [2.45, 2.75) is 20.0 Å². The van der Waals surface area contributed by atoms with E-state index in [1.807, 2.05) is 0 Å². The number of carboxylic acid groups (broad SMARTS) is 1. The minimum absolute atomic E-state index is 0.0363. The largest absolute Gasteiger partial charge is 0.478 e. The lowest BCUT2D eigenvalue weighted by Crippen LogP contribution is -2.18. The number of hydrogen-bond donors (Lipinski definition) is 2. The summed E-state index contributed by atoms with van der Waals surface area (Å²) < 4.78 is 4.75. The standard InChI is InChI=1S/C13H14O6/c1-3-19-13(18)10-5-8(11(15)7(2)14)4-9(6-10)12(16)17/h4-7,14H,3H2,1-2H3,(H,16,17)/t7-/m0/s1. The van der Waals surface area contributed by atoms with Crippen LogP contribution in [-0.4, -0.2) is 40.6 Å². The zero-order valence-electron chi connectivity index (χ0n) is 10.5. The third kappa shape index (κ3) is 3.62. The highest BCUT2D eigenvalue weighted by molar-refractivity contribution is 6.04. The Balaban J connectivity index is 3.29. The molecule has 1 rings (SSSR count). The van der Waals surface area contributed by atoms with Crippen LogP contribution in [0.5, 0.6) is 0 Å². The molecule has 0 radical (unpaired) electrons. The number of rotatable bonds is 5. The number of Topliss-reactive ketones (excluding diaryl/α,β-unsaturated/α-hetero) is 1. The average Bonchev–Trinajstić information content (AvgIpc) is 2.37. The fourth-order valence-electron chi connectivity index (χ4n) is 1.47. The molecule has 0 saturated heterocycles. The van der Waals surface area contributed by atoms with E-state index in [1.54, 1.807) is 6.92 Å². The molecule has 0 saturated carbocycles. The van der Waals surface area contributed by atoms with Crippen LogP contribution in [0.15, 0.2) is 18.2 Å². The van der Waals surface area contributed by atoms with Gasteiger partial charge in [0.1, 0.15) is 6.10 Å². The van der Waals surface area contributed by atoms with Crippen molar-refractivity contribution >= 4 is 17.7 Å². The van der Waals surface area contributed by atoms with Crippen LogP contribution >= 0.6 is 0 Å². The highest BCUT2D eigenvalue weighted by Gasteiger charge is 2.18. The molecule has 0 spiro atoms. The quantitative estimate of drug-likeness (QED) is 0.612. The number of benzene rings is 1. The van der Waals surface area contributed by atoms with Crippen molar-refractivity contribution in [2.75, 3.05) is 6.61 Å². The van der Waals surface area contributed by atoms with Gasteiger partial charge >= 0.3 is 11.9 Å².